The first kappa shape index (κ1) is 16.8. The van der Waals surface area contributed by atoms with Crippen molar-refractivity contribution >= 4 is 11.8 Å². The van der Waals surface area contributed by atoms with E-state index in [1.54, 1.807) is 42.8 Å². The summed E-state index contributed by atoms with van der Waals surface area (Å²) in [5.74, 6) is 0.447. The number of anilines is 1. The van der Waals surface area contributed by atoms with Crippen LogP contribution in [0.15, 0.2) is 53.4 Å². The maximum Gasteiger partial charge on any atom is 0.331 e. The lowest BCUT2D eigenvalue weighted by Crippen LogP contribution is -2.51. The van der Waals surface area contributed by atoms with Gasteiger partial charge in [0.05, 0.1) is 11.8 Å². The van der Waals surface area contributed by atoms with Gasteiger partial charge in [-0.15, -0.1) is 0 Å². The van der Waals surface area contributed by atoms with Crippen molar-refractivity contribution in [3.63, 3.8) is 0 Å². The minimum absolute atomic E-state index is 0.392. The number of aliphatic carboxylic acids is 1. The van der Waals surface area contributed by atoms with E-state index in [1.807, 2.05) is 11.0 Å². The Morgan fingerprint density at radius 2 is 2.07 bits per heavy atom. The van der Waals surface area contributed by atoms with E-state index in [0.29, 0.717) is 42.9 Å². The van der Waals surface area contributed by atoms with Crippen LogP contribution in [0.2, 0.25) is 0 Å². The molecule has 0 unspecified atom stereocenters. The SMILES string of the molecule is N#Cc1ccc(N2CCC(C(=O)O)(n3ccc(-c4ccco4)n3)CC2)nc1. The number of rotatable bonds is 4. The predicted molar refractivity (Wildman–Crippen MR) is 95.9 cm³/mol. The summed E-state index contributed by atoms with van der Waals surface area (Å²) in [4.78, 5) is 18.5. The van der Waals surface area contributed by atoms with Crippen molar-refractivity contribution in [2.75, 3.05) is 18.0 Å². The van der Waals surface area contributed by atoms with Gasteiger partial charge in [-0.05, 0) is 30.3 Å². The van der Waals surface area contributed by atoms with E-state index in [-0.39, 0.29) is 0 Å². The smallest absolute Gasteiger partial charge is 0.331 e. The number of furan rings is 1. The van der Waals surface area contributed by atoms with Crippen LogP contribution < -0.4 is 4.90 Å². The fraction of sp³-hybridized carbons (Fsp3) is 0.263. The summed E-state index contributed by atoms with van der Waals surface area (Å²) in [6.07, 6.45) is 5.57. The van der Waals surface area contributed by atoms with E-state index in [1.165, 1.54) is 10.9 Å². The molecule has 8 nitrogen and oxygen atoms in total. The third kappa shape index (κ3) is 2.93. The second-order valence-corrected chi connectivity index (χ2v) is 6.46. The zero-order chi connectivity index (χ0) is 18.9. The summed E-state index contributed by atoms with van der Waals surface area (Å²) in [7, 11) is 0. The third-order valence-electron chi connectivity index (χ3n) is 4.99. The lowest BCUT2D eigenvalue weighted by atomic mass is 9.87. The molecular formula is C19H17N5O3. The van der Waals surface area contributed by atoms with Crippen LogP contribution >= 0.6 is 0 Å². The molecule has 0 aliphatic carbocycles. The maximum atomic E-state index is 12.1. The van der Waals surface area contributed by atoms with Crippen LogP contribution in [0.3, 0.4) is 0 Å². The highest BCUT2D eigenvalue weighted by atomic mass is 16.4. The summed E-state index contributed by atoms with van der Waals surface area (Å²) < 4.78 is 6.88. The second kappa shape index (κ2) is 6.61. The van der Waals surface area contributed by atoms with Gasteiger partial charge in [0.25, 0.3) is 0 Å². The van der Waals surface area contributed by atoms with Crippen LogP contribution in [0, 0.1) is 11.3 Å². The quantitative estimate of drug-likeness (QED) is 0.758. The topological polar surface area (TPSA) is 108 Å². The van der Waals surface area contributed by atoms with Crippen molar-refractivity contribution in [3.05, 3.63) is 54.6 Å². The zero-order valence-electron chi connectivity index (χ0n) is 14.4. The minimum Gasteiger partial charge on any atom is -0.479 e. The summed E-state index contributed by atoms with van der Waals surface area (Å²) in [6, 6.07) is 10.9. The van der Waals surface area contributed by atoms with E-state index in [9.17, 15) is 9.90 Å². The summed E-state index contributed by atoms with van der Waals surface area (Å²) in [5, 5.41) is 23.3. The van der Waals surface area contributed by atoms with Gasteiger partial charge in [-0.2, -0.15) is 10.4 Å². The molecule has 4 rings (SSSR count). The minimum atomic E-state index is -1.10. The van der Waals surface area contributed by atoms with Gasteiger partial charge in [0.15, 0.2) is 11.3 Å². The van der Waals surface area contributed by atoms with E-state index >= 15 is 0 Å². The fourth-order valence-corrected chi connectivity index (χ4v) is 3.40. The molecule has 1 aliphatic heterocycles. The molecule has 0 radical (unpaired) electrons. The number of nitrogens with zero attached hydrogens (tertiary/aromatic N) is 5. The molecule has 0 aromatic carbocycles. The number of aromatic nitrogens is 3. The van der Waals surface area contributed by atoms with E-state index in [0.717, 1.165) is 5.82 Å². The Kier molecular flexibility index (Phi) is 4.12. The van der Waals surface area contributed by atoms with Crippen LogP contribution in [0.5, 0.6) is 0 Å². The van der Waals surface area contributed by atoms with Crippen LogP contribution in [0.1, 0.15) is 18.4 Å². The van der Waals surface area contributed by atoms with Gasteiger partial charge >= 0.3 is 5.97 Å². The summed E-state index contributed by atoms with van der Waals surface area (Å²) in [5.41, 5.74) is 0.00274. The molecule has 1 N–H and O–H groups in total. The van der Waals surface area contributed by atoms with Gasteiger partial charge in [-0.1, -0.05) is 0 Å². The van der Waals surface area contributed by atoms with Crippen molar-refractivity contribution in [1.29, 1.82) is 5.26 Å². The number of carboxylic acid groups (broad SMARTS) is 1. The van der Waals surface area contributed by atoms with Gasteiger partial charge in [0.2, 0.25) is 0 Å². The molecule has 4 heterocycles. The van der Waals surface area contributed by atoms with Gasteiger partial charge in [-0.25, -0.2) is 9.78 Å². The molecule has 3 aromatic rings. The van der Waals surface area contributed by atoms with Crippen molar-refractivity contribution in [2.45, 2.75) is 18.4 Å². The predicted octanol–water partition coefficient (Wildman–Crippen LogP) is 2.49. The number of hydrogen-bond acceptors (Lipinski definition) is 6. The number of carboxylic acids is 1. The first-order chi connectivity index (χ1) is 13.1. The number of nitriles is 1. The Morgan fingerprint density at radius 1 is 1.26 bits per heavy atom. The molecule has 0 saturated carbocycles. The van der Waals surface area contributed by atoms with Gasteiger partial charge in [0, 0.05) is 38.3 Å². The Bertz CT molecular complexity index is 977. The molecule has 0 bridgehead atoms. The highest BCUT2D eigenvalue weighted by molar-refractivity contribution is 5.77. The molecule has 0 atom stereocenters. The third-order valence-corrected chi connectivity index (χ3v) is 4.99. The molecular weight excluding hydrogens is 346 g/mol. The number of carbonyl (C=O) groups is 1. The molecule has 0 spiro atoms. The molecule has 136 valence electrons. The Balaban J connectivity index is 1.56. The molecule has 1 aliphatic rings. The molecule has 0 amide bonds. The summed E-state index contributed by atoms with van der Waals surface area (Å²) in [6.45, 7) is 1.06. The Morgan fingerprint density at radius 3 is 2.67 bits per heavy atom. The largest absolute Gasteiger partial charge is 0.479 e. The Labute approximate surface area is 155 Å². The van der Waals surface area contributed by atoms with Crippen LogP contribution in [0.25, 0.3) is 11.5 Å². The Hall–Kier alpha value is -3.60. The fourth-order valence-electron chi connectivity index (χ4n) is 3.40. The molecule has 27 heavy (non-hydrogen) atoms. The molecule has 3 aromatic heterocycles. The first-order valence-electron chi connectivity index (χ1n) is 8.57. The monoisotopic (exact) mass is 363 g/mol. The van der Waals surface area contributed by atoms with Crippen molar-refractivity contribution in [1.82, 2.24) is 14.8 Å². The summed E-state index contributed by atoms with van der Waals surface area (Å²) >= 11 is 0. The lowest BCUT2D eigenvalue weighted by Gasteiger charge is -2.39. The van der Waals surface area contributed by atoms with Crippen molar-refractivity contribution in [2.24, 2.45) is 0 Å². The molecule has 1 fully saturated rings. The highest BCUT2D eigenvalue weighted by Crippen LogP contribution is 2.33. The maximum absolute atomic E-state index is 12.1. The van der Waals surface area contributed by atoms with Gasteiger partial charge < -0.3 is 14.4 Å². The second-order valence-electron chi connectivity index (χ2n) is 6.46. The van der Waals surface area contributed by atoms with Crippen LogP contribution in [-0.2, 0) is 10.3 Å². The van der Waals surface area contributed by atoms with E-state index in [2.05, 4.69) is 10.1 Å². The van der Waals surface area contributed by atoms with Crippen LogP contribution in [-0.4, -0.2) is 38.9 Å². The first-order valence-corrected chi connectivity index (χ1v) is 8.57. The van der Waals surface area contributed by atoms with Gasteiger partial charge in [-0.3, -0.25) is 4.68 Å². The van der Waals surface area contributed by atoms with Crippen molar-refractivity contribution in [3.8, 4) is 17.5 Å². The van der Waals surface area contributed by atoms with E-state index < -0.39 is 11.5 Å². The zero-order valence-corrected chi connectivity index (χ0v) is 14.4. The molecule has 1 saturated heterocycles. The average Bonchev–Trinajstić information content (AvgIpc) is 3.40. The lowest BCUT2D eigenvalue weighted by molar-refractivity contribution is -0.149. The van der Waals surface area contributed by atoms with Crippen molar-refractivity contribution < 1.29 is 14.3 Å². The van der Waals surface area contributed by atoms with Crippen LogP contribution in [0.4, 0.5) is 5.82 Å². The normalized spacial score (nSPS) is 16.0. The molecule has 8 heteroatoms. The standard InChI is InChI=1S/C19H17N5O3/c20-12-14-3-4-17(21-13-14)23-9-6-19(7-10-23,18(25)26)24-8-5-15(22-24)16-2-1-11-27-16/h1-5,8,11,13H,6-7,9-10H2,(H,25,26). The van der Waals surface area contributed by atoms with E-state index in [4.69, 9.17) is 9.68 Å². The highest BCUT2D eigenvalue weighted by Gasteiger charge is 2.44. The average molecular weight is 363 g/mol. The number of piperidine rings is 1. The number of pyridine rings is 1. The van der Waals surface area contributed by atoms with Gasteiger partial charge in [0.1, 0.15) is 17.6 Å². The number of hydrogen-bond donors (Lipinski definition) is 1.